The van der Waals surface area contributed by atoms with Crippen LogP contribution in [0.1, 0.15) is 51.4 Å². The Hall–Kier alpha value is 0.530. The van der Waals surface area contributed by atoms with E-state index >= 15 is 0 Å². The van der Waals surface area contributed by atoms with Crippen molar-refractivity contribution in [2.75, 3.05) is 0 Å². The summed E-state index contributed by atoms with van der Waals surface area (Å²) in [5.41, 5.74) is 0. The van der Waals surface area contributed by atoms with Crippen LogP contribution in [0.4, 0.5) is 0 Å². The van der Waals surface area contributed by atoms with E-state index in [0.29, 0.717) is 0 Å². The van der Waals surface area contributed by atoms with E-state index in [4.69, 9.17) is 23.2 Å². The van der Waals surface area contributed by atoms with Gasteiger partial charge in [0.2, 0.25) is 0 Å². The first-order valence-corrected chi connectivity index (χ1v) is 8.99. The van der Waals surface area contributed by atoms with Crippen LogP contribution in [0.3, 0.4) is 0 Å². The van der Waals surface area contributed by atoms with Gasteiger partial charge in [-0.15, -0.1) is 23.2 Å². The zero-order chi connectivity index (χ0) is 12.5. The Balaban J connectivity index is 1.98. The molecule has 0 aliphatic heterocycles. The molecule has 2 fully saturated rings. The first-order chi connectivity index (χ1) is 8.00. The van der Waals surface area contributed by atoms with Crippen molar-refractivity contribution in [1.29, 1.82) is 0 Å². The third-order valence-corrected chi connectivity index (χ3v) is 7.81. The molecule has 0 amide bonds. The summed E-state index contributed by atoms with van der Waals surface area (Å²) < 4.78 is 24.9. The predicted octanol–water partition coefficient (Wildman–Crippen LogP) is 3.50. The lowest BCUT2D eigenvalue weighted by molar-refractivity contribution is 0.454. The fraction of sp³-hybridized carbons (Fsp3) is 1.00. The standard InChI is InChI=1S/C12H20Cl2O2S/c13-9-1-5-11(6-2-9)17(15,16)12-7-3-10(14)4-8-12/h9-12H,1-8H2. The third kappa shape index (κ3) is 3.30. The summed E-state index contributed by atoms with van der Waals surface area (Å²) in [5.74, 6) is 0. The SMILES string of the molecule is O=S(=O)(C1CCC(Cl)CC1)C1CCC(Cl)CC1. The molecule has 0 radical (unpaired) electrons. The highest BCUT2D eigenvalue weighted by Crippen LogP contribution is 2.34. The van der Waals surface area contributed by atoms with E-state index in [-0.39, 0.29) is 21.3 Å². The zero-order valence-corrected chi connectivity index (χ0v) is 12.3. The van der Waals surface area contributed by atoms with Crippen molar-refractivity contribution < 1.29 is 8.42 Å². The van der Waals surface area contributed by atoms with Gasteiger partial charge in [0.15, 0.2) is 9.84 Å². The summed E-state index contributed by atoms with van der Waals surface area (Å²) in [4.78, 5) is 0. The highest BCUT2D eigenvalue weighted by Gasteiger charge is 2.37. The summed E-state index contributed by atoms with van der Waals surface area (Å²) in [6, 6.07) is 0. The molecule has 0 aromatic rings. The average molecular weight is 299 g/mol. The summed E-state index contributed by atoms with van der Waals surface area (Å²) in [6.45, 7) is 0. The van der Waals surface area contributed by atoms with E-state index in [1.165, 1.54) is 0 Å². The average Bonchev–Trinajstić information content (AvgIpc) is 2.30. The van der Waals surface area contributed by atoms with Gasteiger partial charge in [-0.2, -0.15) is 0 Å². The summed E-state index contributed by atoms with van der Waals surface area (Å²) in [7, 11) is -2.95. The molecule has 0 atom stereocenters. The van der Waals surface area contributed by atoms with Crippen LogP contribution in [-0.2, 0) is 9.84 Å². The summed E-state index contributed by atoms with van der Waals surface area (Å²) in [6.07, 6.45) is 6.36. The van der Waals surface area contributed by atoms with Crippen molar-refractivity contribution in [1.82, 2.24) is 0 Å². The molecule has 0 heterocycles. The zero-order valence-electron chi connectivity index (χ0n) is 9.95. The van der Waals surface area contributed by atoms with Crippen molar-refractivity contribution in [3.8, 4) is 0 Å². The quantitative estimate of drug-likeness (QED) is 0.731. The second-order valence-corrected chi connectivity index (χ2v) is 9.08. The van der Waals surface area contributed by atoms with Crippen LogP contribution in [0.15, 0.2) is 0 Å². The number of sulfone groups is 1. The van der Waals surface area contributed by atoms with Gasteiger partial charge in [0.1, 0.15) is 0 Å². The maximum Gasteiger partial charge on any atom is 0.156 e. The van der Waals surface area contributed by atoms with Crippen molar-refractivity contribution in [2.45, 2.75) is 72.6 Å². The van der Waals surface area contributed by atoms with Gasteiger partial charge >= 0.3 is 0 Å². The number of rotatable bonds is 2. The molecule has 2 aliphatic carbocycles. The monoisotopic (exact) mass is 298 g/mol. The fourth-order valence-electron chi connectivity index (χ4n) is 2.97. The number of hydrogen-bond acceptors (Lipinski definition) is 2. The predicted molar refractivity (Wildman–Crippen MR) is 72.7 cm³/mol. The molecular formula is C12H20Cl2O2S. The molecule has 2 rings (SSSR count). The molecule has 0 aromatic heterocycles. The van der Waals surface area contributed by atoms with E-state index in [9.17, 15) is 8.42 Å². The Morgan fingerprint density at radius 1 is 0.647 bits per heavy atom. The van der Waals surface area contributed by atoms with Gasteiger partial charge in [-0.1, -0.05) is 0 Å². The molecule has 2 saturated carbocycles. The number of hydrogen-bond donors (Lipinski definition) is 0. The van der Waals surface area contributed by atoms with E-state index < -0.39 is 9.84 Å². The lowest BCUT2D eigenvalue weighted by Crippen LogP contribution is -2.37. The molecule has 2 nitrogen and oxygen atoms in total. The minimum atomic E-state index is -2.95. The Morgan fingerprint density at radius 2 is 0.941 bits per heavy atom. The van der Waals surface area contributed by atoms with Crippen molar-refractivity contribution in [2.24, 2.45) is 0 Å². The third-order valence-electron chi connectivity index (χ3n) is 4.14. The molecule has 100 valence electrons. The maximum atomic E-state index is 12.5. The van der Waals surface area contributed by atoms with Crippen LogP contribution in [-0.4, -0.2) is 29.7 Å². The van der Waals surface area contributed by atoms with Gasteiger partial charge in [-0.05, 0) is 51.4 Å². The maximum absolute atomic E-state index is 12.5. The van der Waals surface area contributed by atoms with Gasteiger partial charge in [0.05, 0.1) is 10.5 Å². The van der Waals surface area contributed by atoms with Crippen LogP contribution >= 0.6 is 23.2 Å². The smallest absolute Gasteiger partial charge is 0.156 e. The normalized spacial score (nSPS) is 40.1. The van der Waals surface area contributed by atoms with Gasteiger partial charge in [-0.3, -0.25) is 0 Å². The van der Waals surface area contributed by atoms with E-state index in [1.807, 2.05) is 0 Å². The Morgan fingerprint density at radius 3 is 1.24 bits per heavy atom. The van der Waals surface area contributed by atoms with Crippen LogP contribution in [0, 0.1) is 0 Å². The van der Waals surface area contributed by atoms with E-state index in [2.05, 4.69) is 0 Å². The molecule has 0 saturated heterocycles. The van der Waals surface area contributed by atoms with Crippen molar-refractivity contribution in [3.63, 3.8) is 0 Å². The first kappa shape index (κ1) is 14.0. The van der Waals surface area contributed by atoms with Crippen molar-refractivity contribution in [3.05, 3.63) is 0 Å². The van der Waals surface area contributed by atoms with Crippen molar-refractivity contribution >= 4 is 33.0 Å². The largest absolute Gasteiger partial charge is 0.228 e. The topological polar surface area (TPSA) is 34.1 Å². The van der Waals surface area contributed by atoms with Gasteiger partial charge in [0.25, 0.3) is 0 Å². The molecule has 2 aliphatic rings. The van der Waals surface area contributed by atoms with Crippen LogP contribution in [0.5, 0.6) is 0 Å². The molecule has 17 heavy (non-hydrogen) atoms. The lowest BCUT2D eigenvalue weighted by atomic mass is 9.99. The molecule has 0 N–H and O–H groups in total. The van der Waals surface area contributed by atoms with Crippen LogP contribution < -0.4 is 0 Å². The number of halogens is 2. The van der Waals surface area contributed by atoms with Crippen LogP contribution in [0.25, 0.3) is 0 Å². The highest BCUT2D eigenvalue weighted by atomic mass is 35.5. The first-order valence-electron chi connectivity index (χ1n) is 6.51. The molecule has 0 bridgehead atoms. The molecule has 0 spiro atoms. The molecule has 5 heteroatoms. The molecule has 0 unspecified atom stereocenters. The Bertz CT molecular complexity index is 312. The van der Waals surface area contributed by atoms with E-state index in [0.717, 1.165) is 51.4 Å². The highest BCUT2D eigenvalue weighted by molar-refractivity contribution is 7.92. The van der Waals surface area contributed by atoms with Gasteiger partial charge in [-0.25, -0.2) is 8.42 Å². The Labute approximate surface area is 114 Å². The minimum Gasteiger partial charge on any atom is -0.228 e. The Kier molecular flexibility index (Phi) is 4.65. The second-order valence-electron chi connectivity index (χ2n) is 5.34. The summed E-state index contributed by atoms with van der Waals surface area (Å²) in [5, 5.41) is 0.0730. The lowest BCUT2D eigenvalue weighted by Gasteiger charge is -2.31. The number of alkyl halides is 2. The summed E-state index contributed by atoms with van der Waals surface area (Å²) >= 11 is 12.0. The molecular weight excluding hydrogens is 279 g/mol. The van der Waals surface area contributed by atoms with Gasteiger partial charge in [0, 0.05) is 10.8 Å². The van der Waals surface area contributed by atoms with Crippen LogP contribution in [0.2, 0.25) is 0 Å². The molecule has 0 aromatic carbocycles. The minimum absolute atomic E-state index is 0.144. The van der Waals surface area contributed by atoms with E-state index in [1.54, 1.807) is 0 Å². The fourth-order valence-corrected chi connectivity index (χ4v) is 5.88. The second kappa shape index (κ2) is 5.66. The van der Waals surface area contributed by atoms with Gasteiger partial charge < -0.3 is 0 Å².